The number of amides is 2. The van der Waals surface area contributed by atoms with Gasteiger partial charge in [-0.05, 0) is 42.4 Å². The van der Waals surface area contributed by atoms with E-state index in [1.54, 1.807) is 18.2 Å². The summed E-state index contributed by atoms with van der Waals surface area (Å²) in [4.78, 5) is 29.2. The van der Waals surface area contributed by atoms with Crippen LogP contribution in [0.25, 0.3) is 0 Å². The lowest BCUT2D eigenvalue weighted by Crippen LogP contribution is -2.45. The number of carbonyl (C=O) groups excluding carboxylic acids is 2. The lowest BCUT2D eigenvalue weighted by Gasteiger charge is -2.34. The molecule has 1 aliphatic heterocycles. The van der Waals surface area contributed by atoms with E-state index in [-0.39, 0.29) is 18.4 Å². The zero-order chi connectivity index (χ0) is 20.6. The summed E-state index contributed by atoms with van der Waals surface area (Å²) in [5.41, 5.74) is 2.47. The highest BCUT2D eigenvalue weighted by molar-refractivity contribution is 9.10. The largest absolute Gasteiger partial charge is 0.343 e. The number of nitrogens with zero attached hydrogens (tertiary/aromatic N) is 2. The minimum Gasteiger partial charge on any atom is -0.343 e. The lowest BCUT2D eigenvalue weighted by atomic mass is 10.1. The minimum absolute atomic E-state index is 0.0746. The van der Waals surface area contributed by atoms with E-state index in [2.05, 4.69) is 43.3 Å². The van der Waals surface area contributed by atoms with Gasteiger partial charge in [0.05, 0.1) is 6.54 Å². The number of rotatable bonds is 7. The molecule has 0 aliphatic carbocycles. The van der Waals surface area contributed by atoms with Crippen LogP contribution in [0.1, 0.15) is 22.8 Å². The first-order chi connectivity index (χ1) is 14.0. The summed E-state index contributed by atoms with van der Waals surface area (Å²) < 4.78 is 0.821. The minimum atomic E-state index is -0.278. The van der Waals surface area contributed by atoms with Gasteiger partial charge in [-0.1, -0.05) is 41.1 Å². The molecule has 1 saturated heterocycles. The molecule has 2 amide bonds. The number of hydrogen-bond donors (Lipinski definition) is 2. The van der Waals surface area contributed by atoms with Gasteiger partial charge in [0.1, 0.15) is 0 Å². The number of piperazine rings is 1. The van der Waals surface area contributed by atoms with Crippen LogP contribution in [0, 0.1) is 0 Å². The molecule has 0 saturated carbocycles. The predicted molar refractivity (Wildman–Crippen MR) is 119 cm³/mol. The van der Waals surface area contributed by atoms with Crippen LogP contribution in [0.2, 0.25) is 0 Å². The number of anilines is 1. The summed E-state index contributed by atoms with van der Waals surface area (Å²) in [5.74, 6) is -0.531. The third-order valence-electron chi connectivity index (χ3n) is 5.05. The monoisotopic (exact) mass is 458 g/mol. The van der Waals surface area contributed by atoms with Crippen LogP contribution in [0.4, 0.5) is 5.69 Å². The second-order valence-electron chi connectivity index (χ2n) is 7.15. The van der Waals surface area contributed by atoms with Gasteiger partial charge in [-0.25, -0.2) is 0 Å². The topological polar surface area (TPSA) is 64.7 Å². The molecule has 7 heteroatoms. The van der Waals surface area contributed by atoms with E-state index in [0.29, 0.717) is 5.56 Å². The molecule has 1 aliphatic rings. The van der Waals surface area contributed by atoms with E-state index in [1.165, 1.54) is 5.56 Å². The highest BCUT2D eigenvalue weighted by Gasteiger charge is 2.15. The van der Waals surface area contributed by atoms with Crippen LogP contribution in [-0.4, -0.2) is 60.9 Å². The highest BCUT2D eigenvalue weighted by atomic mass is 79.9. The molecule has 1 heterocycles. The molecule has 0 unspecified atom stereocenters. The maximum atomic E-state index is 12.1. The van der Waals surface area contributed by atoms with E-state index >= 15 is 0 Å². The fourth-order valence-electron chi connectivity index (χ4n) is 3.31. The fourth-order valence-corrected chi connectivity index (χ4v) is 3.71. The summed E-state index contributed by atoms with van der Waals surface area (Å²) >= 11 is 3.33. The van der Waals surface area contributed by atoms with Gasteiger partial charge in [-0.15, -0.1) is 0 Å². The van der Waals surface area contributed by atoms with Gasteiger partial charge in [-0.3, -0.25) is 14.5 Å². The molecule has 0 atom stereocenters. The first kappa shape index (κ1) is 21.5. The third-order valence-corrected chi connectivity index (χ3v) is 5.55. The van der Waals surface area contributed by atoms with Gasteiger partial charge in [0, 0.05) is 48.4 Å². The van der Waals surface area contributed by atoms with Crippen molar-refractivity contribution in [1.29, 1.82) is 0 Å². The number of carbonyl (C=O) groups is 2. The molecule has 2 aromatic carbocycles. The first-order valence-electron chi connectivity index (χ1n) is 9.91. The SMILES string of the molecule is CCN1CCN(Cc2ccc(NC(=O)CNC(=O)c3cccc(Br)c3)cc2)CC1. The standard InChI is InChI=1S/C22H27BrN4O2/c1-2-26-10-12-27(13-11-26)16-17-6-8-20(9-7-17)25-21(28)15-24-22(29)18-4-3-5-19(23)14-18/h3-9,14H,2,10-13,15-16H2,1H3,(H,24,29)(H,25,28). The summed E-state index contributed by atoms with van der Waals surface area (Å²) in [7, 11) is 0. The third kappa shape index (κ3) is 6.66. The van der Waals surface area contributed by atoms with Crippen LogP contribution in [0.15, 0.2) is 53.0 Å². The van der Waals surface area contributed by atoms with E-state index in [1.807, 2.05) is 30.3 Å². The van der Waals surface area contributed by atoms with E-state index in [9.17, 15) is 9.59 Å². The maximum Gasteiger partial charge on any atom is 0.251 e. The Hall–Kier alpha value is -2.22. The van der Waals surface area contributed by atoms with Gasteiger partial charge < -0.3 is 15.5 Å². The summed E-state index contributed by atoms with van der Waals surface area (Å²) in [6.45, 7) is 8.59. The average Bonchev–Trinajstić information content (AvgIpc) is 2.74. The molecule has 0 radical (unpaired) electrons. The number of benzene rings is 2. The van der Waals surface area contributed by atoms with Crippen molar-refractivity contribution >= 4 is 33.4 Å². The lowest BCUT2D eigenvalue weighted by molar-refractivity contribution is -0.115. The van der Waals surface area contributed by atoms with Gasteiger partial charge in [-0.2, -0.15) is 0 Å². The second-order valence-corrected chi connectivity index (χ2v) is 8.06. The molecule has 0 spiro atoms. The Morgan fingerprint density at radius 3 is 2.34 bits per heavy atom. The molecule has 0 bridgehead atoms. The molecular weight excluding hydrogens is 432 g/mol. The van der Waals surface area contributed by atoms with Crippen LogP contribution in [0.3, 0.4) is 0 Å². The van der Waals surface area contributed by atoms with Crippen molar-refractivity contribution in [2.75, 3.05) is 44.6 Å². The van der Waals surface area contributed by atoms with Crippen LogP contribution in [0.5, 0.6) is 0 Å². The van der Waals surface area contributed by atoms with Gasteiger partial charge in [0.2, 0.25) is 5.91 Å². The first-order valence-corrected chi connectivity index (χ1v) is 10.7. The van der Waals surface area contributed by atoms with E-state index in [4.69, 9.17) is 0 Å². The maximum absolute atomic E-state index is 12.1. The Labute approximate surface area is 180 Å². The molecule has 2 N–H and O–H groups in total. The molecule has 154 valence electrons. The summed E-state index contributed by atoms with van der Waals surface area (Å²) in [5, 5.41) is 5.46. The fraction of sp³-hybridized carbons (Fsp3) is 0.364. The van der Waals surface area contributed by atoms with Crippen molar-refractivity contribution in [2.24, 2.45) is 0 Å². The molecule has 29 heavy (non-hydrogen) atoms. The van der Waals surface area contributed by atoms with E-state index in [0.717, 1.165) is 49.4 Å². The number of likely N-dealkylation sites (N-methyl/N-ethyl adjacent to an activating group) is 1. The zero-order valence-corrected chi connectivity index (χ0v) is 18.2. The van der Waals surface area contributed by atoms with Crippen molar-refractivity contribution in [2.45, 2.75) is 13.5 Å². The van der Waals surface area contributed by atoms with Gasteiger partial charge >= 0.3 is 0 Å². The van der Waals surface area contributed by atoms with Crippen molar-refractivity contribution in [1.82, 2.24) is 15.1 Å². The Bertz CT molecular complexity index is 833. The molecular formula is C22H27BrN4O2. The van der Waals surface area contributed by atoms with Gasteiger partial charge in [0.15, 0.2) is 0 Å². The smallest absolute Gasteiger partial charge is 0.251 e. The zero-order valence-electron chi connectivity index (χ0n) is 16.7. The van der Waals surface area contributed by atoms with E-state index < -0.39 is 0 Å². The molecule has 3 rings (SSSR count). The Kier molecular flexibility index (Phi) is 7.80. The molecule has 1 fully saturated rings. The highest BCUT2D eigenvalue weighted by Crippen LogP contribution is 2.13. The normalized spacial score (nSPS) is 15.1. The molecule has 0 aromatic heterocycles. The predicted octanol–water partition coefficient (Wildman–Crippen LogP) is 2.96. The molecule has 2 aromatic rings. The van der Waals surface area contributed by atoms with Crippen LogP contribution in [-0.2, 0) is 11.3 Å². The van der Waals surface area contributed by atoms with Crippen molar-refractivity contribution in [3.8, 4) is 0 Å². The number of hydrogen-bond acceptors (Lipinski definition) is 4. The average molecular weight is 459 g/mol. The van der Waals surface area contributed by atoms with Gasteiger partial charge in [0.25, 0.3) is 5.91 Å². The van der Waals surface area contributed by atoms with Crippen molar-refractivity contribution in [3.63, 3.8) is 0 Å². The van der Waals surface area contributed by atoms with Crippen molar-refractivity contribution in [3.05, 3.63) is 64.1 Å². The Morgan fingerprint density at radius 1 is 1.00 bits per heavy atom. The second kappa shape index (κ2) is 10.5. The molecule has 6 nitrogen and oxygen atoms in total. The van der Waals surface area contributed by atoms with Crippen LogP contribution < -0.4 is 10.6 Å². The summed E-state index contributed by atoms with van der Waals surface area (Å²) in [6.07, 6.45) is 0. The Morgan fingerprint density at radius 2 is 1.69 bits per heavy atom. The van der Waals surface area contributed by atoms with Crippen LogP contribution >= 0.6 is 15.9 Å². The number of nitrogens with one attached hydrogen (secondary N) is 2. The Balaban J connectivity index is 1.43. The summed E-state index contributed by atoms with van der Waals surface area (Å²) in [6, 6.07) is 15.0. The number of halogens is 1. The van der Waals surface area contributed by atoms with Crippen molar-refractivity contribution < 1.29 is 9.59 Å². The quantitative estimate of drug-likeness (QED) is 0.669.